The summed E-state index contributed by atoms with van der Waals surface area (Å²) in [6.07, 6.45) is 15.6. The maximum absolute atomic E-state index is 12.4. The van der Waals surface area contributed by atoms with Crippen LogP contribution in [0.1, 0.15) is 98.3 Å². The Balaban J connectivity index is 1.62. The first-order valence-electron chi connectivity index (χ1n) is 11.0. The number of carbonyl (C=O) groups is 1. The topological polar surface area (TPSA) is 26.3 Å². The lowest BCUT2D eigenvalue weighted by Crippen LogP contribution is -2.62. The second-order valence-electron chi connectivity index (χ2n) is 11.0. The van der Waals surface area contributed by atoms with Crippen LogP contribution in [-0.4, -0.2) is 11.6 Å². The summed E-state index contributed by atoms with van der Waals surface area (Å²) in [7, 11) is 0. The molecule has 5 saturated carbocycles. The van der Waals surface area contributed by atoms with Gasteiger partial charge in [-0.25, -0.2) is 0 Å². The third kappa shape index (κ3) is 2.86. The quantitative estimate of drug-likeness (QED) is 0.572. The van der Waals surface area contributed by atoms with Gasteiger partial charge >= 0.3 is 5.97 Å². The van der Waals surface area contributed by atoms with Gasteiger partial charge in [0.15, 0.2) is 0 Å². The average Bonchev–Trinajstić information content (AvgIpc) is 2.54. The van der Waals surface area contributed by atoms with E-state index in [4.69, 9.17) is 4.74 Å². The van der Waals surface area contributed by atoms with Crippen LogP contribution in [0, 0.1) is 34.5 Å². The molecule has 0 N–H and O–H groups in total. The molecule has 0 amide bonds. The van der Waals surface area contributed by atoms with Gasteiger partial charge in [-0.2, -0.15) is 0 Å². The highest BCUT2D eigenvalue weighted by Gasteiger charge is 2.64. The van der Waals surface area contributed by atoms with Crippen molar-refractivity contribution < 1.29 is 9.53 Å². The van der Waals surface area contributed by atoms with Crippen molar-refractivity contribution in [3.05, 3.63) is 0 Å². The monoisotopic (exact) mass is 346 g/mol. The summed E-state index contributed by atoms with van der Waals surface area (Å²) in [6, 6.07) is 0. The van der Waals surface area contributed by atoms with Crippen molar-refractivity contribution in [2.45, 2.75) is 104 Å². The van der Waals surface area contributed by atoms with Gasteiger partial charge in [0.05, 0.1) is 5.92 Å². The van der Waals surface area contributed by atoms with Crippen LogP contribution in [0.3, 0.4) is 0 Å². The maximum Gasteiger partial charge on any atom is 0.308 e. The molecule has 0 spiro atoms. The summed E-state index contributed by atoms with van der Waals surface area (Å²) < 4.78 is 6.18. The minimum absolute atomic E-state index is 0.00698. The molecule has 0 aromatic heterocycles. The summed E-state index contributed by atoms with van der Waals surface area (Å²) >= 11 is 0. The van der Waals surface area contributed by atoms with Crippen molar-refractivity contribution in [2.24, 2.45) is 34.5 Å². The highest BCUT2D eigenvalue weighted by molar-refractivity contribution is 5.72. The SMILES string of the molecule is CC(C)C(=O)OC(C)(C)C12CC3CC(CC(C4CCCCC4)(C3)C1)C2. The van der Waals surface area contributed by atoms with Crippen LogP contribution < -0.4 is 0 Å². The first kappa shape index (κ1) is 17.9. The largest absolute Gasteiger partial charge is 0.459 e. The van der Waals surface area contributed by atoms with Crippen molar-refractivity contribution in [3.8, 4) is 0 Å². The molecule has 0 heterocycles. The molecule has 4 bridgehead atoms. The lowest BCUT2D eigenvalue weighted by atomic mass is 9.38. The normalized spacial score (nSPS) is 41.3. The van der Waals surface area contributed by atoms with Gasteiger partial charge in [-0.3, -0.25) is 4.79 Å². The molecule has 2 unspecified atom stereocenters. The van der Waals surface area contributed by atoms with E-state index in [2.05, 4.69) is 13.8 Å². The standard InChI is InChI=1S/C23H38O2/c1-16(2)20(24)25-21(3,4)23-13-17-10-18(14-23)12-22(11-17,15-23)19-8-6-5-7-9-19/h16-19H,5-15H2,1-4H3. The molecule has 2 heteroatoms. The Hall–Kier alpha value is -0.530. The fourth-order valence-electron chi connectivity index (χ4n) is 7.71. The Kier molecular flexibility index (Phi) is 4.28. The lowest BCUT2D eigenvalue weighted by molar-refractivity contribution is -0.226. The number of ether oxygens (including phenoxy) is 1. The molecule has 5 rings (SSSR count). The van der Waals surface area contributed by atoms with Gasteiger partial charge < -0.3 is 4.74 Å². The highest BCUT2D eigenvalue weighted by Crippen LogP contribution is 2.71. The van der Waals surface area contributed by atoms with Crippen LogP contribution in [0.2, 0.25) is 0 Å². The van der Waals surface area contributed by atoms with Gasteiger partial charge in [-0.05, 0) is 88.4 Å². The molecule has 5 aliphatic rings. The Bertz CT molecular complexity index is 512. The molecule has 0 radical (unpaired) electrons. The Morgan fingerprint density at radius 3 is 2.16 bits per heavy atom. The van der Waals surface area contributed by atoms with Crippen LogP contribution in [0.4, 0.5) is 0 Å². The van der Waals surface area contributed by atoms with Crippen LogP contribution >= 0.6 is 0 Å². The second-order valence-corrected chi connectivity index (χ2v) is 11.0. The summed E-state index contributed by atoms with van der Waals surface area (Å²) in [5.41, 5.74) is 0.497. The smallest absolute Gasteiger partial charge is 0.308 e. The fraction of sp³-hybridized carbons (Fsp3) is 0.957. The molecule has 5 aliphatic carbocycles. The molecule has 5 fully saturated rings. The van der Waals surface area contributed by atoms with E-state index >= 15 is 0 Å². The van der Waals surface area contributed by atoms with Crippen molar-refractivity contribution in [3.63, 3.8) is 0 Å². The molecule has 0 aromatic rings. The van der Waals surface area contributed by atoms with E-state index in [1.807, 2.05) is 13.8 Å². The van der Waals surface area contributed by atoms with Crippen molar-refractivity contribution >= 4 is 5.97 Å². The molecule has 2 atom stereocenters. The Morgan fingerprint density at radius 2 is 1.60 bits per heavy atom. The second kappa shape index (κ2) is 5.99. The van der Waals surface area contributed by atoms with Crippen LogP contribution in [-0.2, 0) is 9.53 Å². The lowest BCUT2D eigenvalue weighted by Gasteiger charge is -2.68. The van der Waals surface area contributed by atoms with Gasteiger partial charge in [0.25, 0.3) is 0 Å². The fourth-order valence-corrected chi connectivity index (χ4v) is 7.71. The van der Waals surface area contributed by atoms with E-state index in [0.29, 0.717) is 5.41 Å². The molecule has 0 aromatic carbocycles. The van der Waals surface area contributed by atoms with Crippen LogP contribution in [0.15, 0.2) is 0 Å². The predicted molar refractivity (Wildman–Crippen MR) is 101 cm³/mol. The third-order valence-electron chi connectivity index (χ3n) is 8.68. The van der Waals surface area contributed by atoms with E-state index in [9.17, 15) is 4.79 Å². The number of carbonyl (C=O) groups excluding carboxylic acids is 1. The van der Waals surface area contributed by atoms with Crippen molar-refractivity contribution in [2.75, 3.05) is 0 Å². The van der Waals surface area contributed by atoms with E-state index in [1.165, 1.54) is 70.6 Å². The van der Waals surface area contributed by atoms with Gasteiger partial charge in [0.1, 0.15) is 5.60 Å². The molecule has 0 aliphatic heterocycles. The number of hydrogen-bond donors (Lipinski definition) is 0. The molecule has 2 nitrogen and oxygen atoms in total. The minimum Gasteiger partial charge on any atom is -0.459 e. The maximum atomic E-state index is 12.4. The summed E-state index contributed by atoms with van der Waals surface area (Å²) in [5, 5.41) is 0. The van der Waals surface area contributed by atoms with Crippen LogP contribution in [0.5, 0.6) is 0 Å². The summed E-state index contributed by atoms with van der Waals surface area (Å²) in [5.74, 6) is 2.69. The number of esters is 1. The first-order chi connectivity index (χ1) is 11.8. The van der Waals surface area contributed by atoms with Gasteiger partial charge in [0.2, 0.25) is 0 Å². The zero-order chi connectivity index (χ0) is 17.9. The number of hydrogen-bond acceptors (Lipinski definition) is 2. The molecule has 0 saturated heterocycles. The zero-order valence-electron chi connectivity index (χ0n) is 16.9. The third-order valence-corrected chi connectivity index (χ3v) is 8.68. The summed E-state index contributed by atoms with van der Waals surface area (Å²) in [4.78, 5) is 12.4. The van der Waals surface area contributed by atoms with E-state index < -0.39 is 0 Å². The highest BCUT2D eigenvalue weighted by atomic mass is 16.6. The summed E-state index contributed by atoms with van der Waals surface area (Å²) in [6.45, 7) is 8.38. The van der Waals surface area contributed by atoms with E-state index in [0.717, 1.165) is 17.8 Å². The first-order valence-corrected chi connectivity index (χ1v) is 11.0. The van der Waals surface area contributed by atoms with Crippen LogP contribution in [0.25, 0.3) is 0 Å². The van der Waals surface area contributed by atoms with Gasteiger partial charge in [-0.1, -0.05) is 33.1 Å². The average molecular weight is 347 g/mol. The molecule has 142 valence electrons. The van der Waals surface area contributed by atoms with Gasteiger partial charge in [0, 0.05) is 5.41 Å². The molecular weight excluding hydrogens is 308 g/mol. The van der Waals surface area contributed by atoms with Crippen molar-refractivity contribution in [1.29, 1.82) is 0 Å². The Morgan fingerprint density at radius 1 is 1.00 bits per heavy atom. The van der Waals surface area contributed by atoms with E-state index in [1.54, 1.807) is 0 Å². The number of rotatable bonds is 4. The van der Waals surface area contributed by atoms with Gasteiger partial charge in [-0.15, -0.1) is 0 Å². The van der Waals surface area contributed by atoms with Crippen molar-refractivity contribution in [1.82, 2.24) is 0 Å². The molecule has 25 heavy (non-hydrogen) atoms. The predicted octanol–water partition coefficient (Wildman–Crippen LogP) is 6.13. The Labute approximate surface area is 154 Å². The zero-order valence-corrected chi connectivity index (χ0v) is 16.9. The molecular formula is C23H38O2. The minimum atomic E-state index is -0.313. The van der Waals surface area contributed by atoms with E-state index in [-0.39, 0.29) is 22.9 Å².